The maximum atomic E-state index is 3.25. The maximum absolute atomic E-state index is 3.25. The molecular formula is C12H12N2. The molecule has 0 bridgehead atoms. The summed E-state index contributed by atoms with van der Waals surface area (Å²) in [4.78, 5) is 5.57. The number of aromatic nitrogens is 1. The van der Waals surface area contributed by atoms with Gasteiger partial charge in [0.25, 0.3) is 0 Å². The number of hydrogen-bond acceptors (Lipinski definition) is 1. The molecule has 2 heterocycles. The lowest BCUT2D eigenvalue weighted by atomic mass is 10.2. The summed E-state index contributed by atoms with van der Waals surface area (Å²) < 4.78 is 0. The number of anilines is 2. The van der Waals surface area contributed by atoms with E-state index in [9.17, 15) is 0 Å². The molecule has 1 aliphatic heterocycles. The van der Waals surface area contributed by atoms with E-state index in [4.69, 9.17) is 0 Å². The van der Waals surface area contributed by atoms with Crippen molar-refractivity contribution in [3.05, 3.63) is 48.2 Å². The molecule has 0 amide bonds. The van der Waals surface area contributed by atoms with Crippen molar-refractivity contribution in [3.63, 3.8) is 0 Å². The Bertz CT molecular complexity index is 431. The first-order valence-electron chi connectivity index (χ1n) is 4.94. The summed E-state index contributed by atoms with van der Waals surface area (Å²) in [5.74, 6) is 1.19. The number of fused-ring (bicyclic) bond motifs is 1. The van der Waals surface area contributed by atoms with E-state index in [1.807, 2.05) is 12.3 Å². The summed E-state index contributed by atoms with van der Waals surface area (Å²) in [7, 11) is 0. The van der Waals surface area contributed by atoms with E-state index in [0.29, 0.717) is 0 Å². The highest BCUT2D eigenvalue weighted by Crippen LogP contribution is 2.32. The van der Waals surface area contributed by atoms with Crippen molar-refractivity contribution < 1.29 is 0 Å². The van der Waals surface area contributed by atoms with Gasteiger partial charge in [-0.3, -0.25) is 0 Å². The molecule has 0 unspecified atom stereocenters. The van der Waals surface area contributed by atoms with E-state index >= 15 is 0 Å². The van der Waals surface area contributed by atoms with E-state index in [1.54, 1.807) is 0 Å². The second-order valence-electron chi connectivity index (χ2n) is 3.59. The Morgan fingerprint density at radius 2 is 2.00 bits per heavy atom. The summed E-state index contributed by atoms with van der Waals surface area (Å²) in [6.45, 7) is 1.08. The first kappa shape index (κ1) is 7.68. The van der Waals surface area contributed by atoms with E-state index in [2.05, 4.69) is 40.2 Å². The molecular weight excluding hydrogens is 172 g/mol. The molecule has 2 nitrogen and oxygen atoms in total. The van der Waals surface area contributed by atoms with Crippen LogP contribution in [0.25, 0.3) is 0 Å². The molecule has 14 heavy (non-hydrogen) atoms. The molecule has 1 N–H and O–H groups in total. The van der Waals surface area contributed by atoms with E-state index in [-0.39, 0.29) is 0 Å². The Labute approximate surface area is 83.2 Å². The topological polar surface area (TPSA) is 19.0 Å². The number of aromatic amines is 1. The number of hydrogen-bond donors (Lipinski definition) is 1. The zero-order valence-electron chi connectivity index (χ0n) is 7.90. The maximum Gasteiger partial charge on any atom is 0.110 e. The largest absolute Gasteiger partial charge is 0.348 e. The van der Waals surface area contributed by atoms with Crippen LogP contribution in [0.1, 0.15) is 5.56 Å². The lowest BCUT2D eigenvalue weighted by molar-refractivity contribution is 0.981. The van der Waals surface area contributed by atoms with Crippen LogP contribution in [-0.4, -0.2) is 11.5 Å². The van der Waals surface area contributed by atoms with Crippen molar-refractivity contribution >= 4 is 11.5 Å². The zero-order chi connectivity index (χ0) is 9.38. The highest BCUT2D eigenvalue weighted by Gasteiger charge is 2.19. The van der Waals surface area contributed by atoms with Gasteiger partial charge in [-0.1, -0.05) is 18.2 Å². The van der Waals surface area contributed by atoms with Gasteiger partial charge in [-0.05, 0) is 30.2 Å². The van der Waals surface area contributed by atoms with E-state index in [1.165, 1.54) is 17.1 Å². The van der Waals surface area contributed by atoms with Crippen LogP contribution in [0.5, 0.6) is 0 Å². The van der Waals surface area contributed by atoms with Gasteiger partial charge in [-0.25, -0.2) is 0 Å². The minimum Gasteiger partial charge on any atom is -0.348 e. The van der Waals surface area contributed by atoms with Crippen LogP contribution in [0, 0.1) is 0 Å². The summed E-state index contributed by atoms with van der Waals surface area (Å²) in [5, 5.41) is 0. The lowest BCUT2D eigenvalue weighted by Crippen LogP contribution is -2.13. The first-order chi connectivity index (χ1) is 6.95. The highest BCUT2D eigenvalue weighted by atomic mass is 15.2. The van der Waals surface area contributed by atoms with Crippen molar-refractivity contribution in [3.8, 4) is 0 Å². The second-order valence-corrected chi connectivity index (χ2v) is 3.59. The van der Waals surface area contributed by atoms with Gasteiger partial charge in [0.1, 0.15) is 5.82 Å². The van der Waals surface area contributed by atoms with Gasteiger partial charge in [0.05, 0.1) is 0 Å². The fourth-order valence-electron chi connectivity index (χ4n) is 2.08. The molecule has 0 atom stereocenters. The van der Waals surface area contributed by atoms with Gasteiger partial charge in [-0.2, -0.15) is 0 Å². The van der Waals surface area contributed by atoms with Crippen molar-refractivity contribution in [2.75, 3.05) is 11.4 Å². The Kier molecular flexibility index (Phi) is 1.60. The second kappa shape index (κ2) is 2.91. The normalized spacial score (nSPS) is 14.4. The van der Waals surface area contributed by atoms with Gasteiger partial charge in [0.2, 0.25) is 0 Å². The predicted octanol–water partition coefficient (Wildman–Crippen LogP) is 2.71. The SMILES string of the molecule is c1c[nH]c(N2CCc3ccccc32)c1. The van der Waals surface area contributed by atoms with Crippen LogP contribution in [0.2, 0.25) is 0 Å². The third kappa shape index (κ3) is 1.04. The molecule has 70 valence electrons. The molecule has 0 radical (unpaired) electrons. The highest BCUT2D eigenvalue weighted by molar-refractivity contribution is 5.67. The predicted molar refractivity (Wildman–Crippen MR) is 57.9 cm³/mol. The number of nitrogens with one attached hydrogen (secondary N) is 1. The van der Waals surface area contributed by atoms with Crippen LogP contribution >= 0.6 is 0 Å². The van der Waals surface area contributed by atoms with Crippen LogP contribution in [-0.2, 0) is 6.42 Å². The average molecular weight is 184 g/mol. The molecule has 0 saturated carbocycles. The molecule has 0 aliphatic carbocycles. The third-order valence-electron chi connectivity index (χ3n) is 2.76. The van der Waals surface area contributed by atoms with Crippen molar-refractivity contribution in [2.45, 2.75) is 6.42 Å². The standard InChI is InChI=1S/C12H12N2/c1-2-5-11-10(4-1)7-9-14(11)12-6-3-8-13-12/h1-6,8,13H,7,9H2. The van der Waals surface area contributed by atoms with Crippen LogP contribution in [0.3, 0.4) is 0 Å². The van der Waals surface area contributed by atoms with Gasteiger partial charge in [0.15, 0.2) is 0 Å². The van der Waals surface area contributed by atoms with Crippen molar-refractivity contribution in [1.82, 2.24) is 4.98 Å². The van der Waals surface area contributed by atoms with Gasteiger partial charge < -0.3 is 9.88 Å². The fourth-order valence-corrected chi connectivity index (χ4v) is 2.08. The smallest absolute Gasteiger partial charge is 0.110 e. The molecule has 0 fully saturated rings. The summed E-state index contributed by atoms with van der Waals surface area (Å²) in [6, 6.07) is 12.7. The Balaban J connectivity index is 2.06. The quantitative estimate of drug-likeness (QED) is 0.722. The third-order valence-corrected chi connectivity index (χ3v) is 2.76. The number of nitrogens with zero attached hydrogens (tertiary/aromatic N) is 1. The van der Waals surface area contributed by atoms with Gasteiger partial charge in [0, 0.05) is 18.4 Å². The first-order valence-corrected chi connectivity index (χ1v) is 4.94. The molecule has 0 saturated heterocycles. The number of benzene rings is 1. The summed E-state index contributed by atoms with van der Waals surface area (Å²) >= 11 is 0. The van der Waals surface area contributed by atoms with Gasteiger partial charge >= 0.3 is 0 Å². The van der Waals surface area contributed by atoms with Crippen molar-refractivity contribution in [1.29, 1.82) is 0 Å². The van der Waals surface area contributed by atoms with Crippen LogP contribution < -0.4 is 4.90 Å². The Morgan fingerprint density at radius 1 is 1.07 bits per heavy atom. The molecule has 1 aromatic carbocycles. The minimum absolute atomic E-state index is 1.08. The number of para-hydroxylation sites is 1. The average Bonchev–Trinajstić information content (AvgIpc) is 2.85. The number of H-pyrrole nitrogens is 1. The fraction of sp³-hybridized carbons (Fsp3) is 0.167. The molecule has 1 aliphatic rings. The van der Waals surface area contributed by atoms with Crippen molar-refractivity contribution in [2.24, 2.45) is 0 Å². The molecule has 2 heteroatoms. The lowest BCUT2D eigenvalue weighted by Gasteiger charge is -2.16. The van der Waals surface area contributed by atoms with E-state index in [0.717, 1.165) is 13.0 Å². The van der Waals surface area contributed by atoms with Crippen LogP contribution in [0.15, 0.2) is 42.6 Å². The minimum atomic E-state index is 1.08. The van der Waals surface area contributed by atoms with Gasteiger partial charge in [-0.15, -0.1) is 0 Å². The van der Waals surface area contributed by atoms with E-state index < -0.39 is 0 Å². The molecule has 2 aromatic rings. The monoisotopic (exact) mass is 184 g/mol. The molecule has 1 aromatic heterocycles. The zero-order valence-corrected chi connectivity index (χ0v) is 7.90. The Morgan fingerprint density at radius 3 is 2.86 bits per heavy atom. The summed E-state index contributed by atoms with van der Waals surface area (Å²) in [6.07, 6.45) is 3.12. The Hall–Kier alpha value is -1.70. The molecule has 3 rings (SSSR count). The summed E-state index contributed by atoms with van der Waals surface area (Å²) in [5.41, 5.74) is 2.79. The number of rotatable bonds is 1. The van der Waals surface area contributed by atoms with Crippen LogP contribution in [0.4, 0.5) is 11.5 Å². The molecule has 0 spiro atoms.